The molecule has 0 radical (unpaired) electrons. The van der Waals surface area contributed by atoms with Crippen molar-refractivity contribution in [1.29, 1.82) is 0 Å². The normalized spacial score (nSPS) is 25.4. The van der Waals surface area contributed by atoms with Gasteiger partial charge in [0.2, 0.25) is 5.91 Å². The second-order valence-corrected chi connectivity index (χ2v) is 6.30. The van der Waals surface area contributed by atoms with E-state index in [1.54, 1.807) is 0 Å². The van der Waals surface area contributed by atoms with Crippen molar-refractivity contribution in [2.45, 2.75) is 38.6 Å². The van der Waals surface area contributed by atoms with E-state index in [1.807, 2.05) is 0 Å². The van der Waals surface area contributed by atoms with Crippen molar-refractivity contribution in [3.8, 4) is 0 Å². The number of hydrogen-bond acceptors (Lipinski definition) is 3. The predicted octanol–water partition coefficient (Wildman–Crippen LogP) is 0.929. The number of carbonyl (C=O) groups excluding carboxylic acids is 1. The van der Waals surface area contributed by atoms with Crippen LogP contribution >= 0.6 is 0 Å². The molecule has 4 nitrogen and oxygen atoms in total. The molecule has 1 N–H and O–H groups in total. The molecule has 2 fully saturated rings. The summed E-state index contributed by atoms with van der Waals surface area (Å²) in [7, 11) is 4.27. The fourth-order valence-corrected chi connectivity index (χ4v) is 3.16. The van der Waals surface area contributed by atoms with Crippen LogP contribution in [0.3, 0.4) is 0 Å². The van der Waals surface area contributed by atoms with Gasteiger partial charge in [-0.1, -0.05) is 6.92 Å². The van der Waals surface area contributed by atoms with Crippen LogP contribution in [0.15, 0.2) is 0 Å². The van der Waals surface area contributed by atoms with Crippen LogP contribution < -0.4 is 5.32 Å². The second kappa shape index (κ2) is 5.57. The van der Waals surface area contributed by atoms with E-state index in [-0.39, 0.29) is 5.41 Å². The van der Waals surface area contributed by atoms with E-state index in [1.165, 1.54) is 0 Å². The number of hydrogen-bond donors (Lipinski definition) is 1. The lowest BCUT2D eigenvalue weighted by Crippen LogP contribution is -2.51. The number of likely N-dealkylation sites (tertiary alicyclic amines) is 1. The Morgan fingerprint density at radius 3 is 2.28 bits per heavy atom. The van der Waals surface area contributed by atoms with Gasteiger partial charge >= 0.3 is 0 Å². The second-order valence-electron chi connectivity index (χ2n) is 6.30. The van der Waals surface area contributed by atoms with Crippen molar-refractivity contribution in [2.24, 2.45) is 5.41 Å². The lowest BCUT2D eigenvalue weighted by atomic mass is 9.79. The molecule has 0 aromatic rings. The van der Waals surface area contributed by atoms with Gasteiger partial charge in [0.15, 0.2) is 0 Å². The summed E-state index contributed by atoms with van der Waals surface area (Å²) in [6.45, 7) is 5.98. The molecule has 0 saturated carbocycles. The van der Waals surface area contributed by atoms with Gasteiger partial charge in [-0.05, 0) is 52.9 Å². The van der Waals surface area contributed by atoms with Gasteiger partial charge in [0.1, 0.15) is 0 Å². The molecule has 2 heterocycles. The number of carbonyl (C=O) groups is 1. The molecule has 4 heteroatoms. The molecule has 0 bridgehead atoms. The van der Waals surface area contributed by atoms with Crippen LogP contribution in [-0.4, -0.2) is 62.0 Å². The molecular formula is C14H27N3O. The SMILES string of the molecule is CN(C)C1CCN(C(=O)C2(C)CCNCC2)CC1. The quantitative estimate of drug-likeness (QED) is 0.795. The van der Waals surface area contributed by atoms with Gasteiger partial charge in [-0.2, -0.15) is 0 Å². The lowest BCUT2D eigenvalue weighted by Gasteiger charge is -2.41. The van der Waals surface area contributed by atoms with Crippen LogP contribution in [0.25, 0.3) is 0 Å². The van der Waals surface area contributed by atoms with Crippen molar-refractivity contribution in [3.05, 3.63) is 0 Å². The third-order valence-electron chi connectivity index (χ3n) is 4.71. The maximum absolute atomic E-state index is 12.6. The fraction of sp³-hybridized carbons (Fsp3) is 0.929. The number of piperidine rings is 2. The number of amides is 1. The minimum absolute atomic E-state index is 0.115. The number of rotatable bonds is 2. The summed E-state index contributed by atoms with van der Waals surface area (Å²) in [5.41, 5.74) is -0.115. The lowest BCUT2D eigenvalue weighted by molar-refractivity contribution is -0.144. The summed E-state index contributed by atoms with van der Waals surface area (Å²) in [6, 6.07) is 0.648. The van der Waals surface area contributed by atoms with Crippen LogP contribution in [0.5, 0.6) is 0 Å². The molecule has 2 rings (SSSR count). The molecule has 0 aliphatic carbocycles. The summed E-state index contributed by atoms with van der Waals surface area (Å²) in [4.78, 5) is 17.0. The Kier molecular flexibility index (Phi) is 4.28. The number of nitrogens with one attached hydrogen (secondary N) is 1. The van der Waals surface area contributed by atoms with Crippen molar-refractivity contribution < 1.29 is 4.79 Å². The Labute approximate surface area is 111 Å². The van der Waals surface area contributed by atoms with Gasteiger partial charge in [-0.3, -0.25) is 4.79 Å². The van der Waals surface area contributed by atoms with Crippen LogP contribution in [0.1, 0.15) is 32.6 Å². The smallest absolute Gasteiger partial charge is 0.228 e. The monoisotopic (exact) mass is 253 g/mol. The molecule has 104 valence electrons. The average Bonchev–Trinajstić information content (AvgIpc) is 2.39. The molecule has 18 heavy (non-hydrogen) atoms. The average molecular weight is 253 g/mol. The standard InChI is InChI=1S/C14H27N3O/c1-14(6-8-15-9-7-14)13(18)17-10-4-12(5-11-17)16(2)3/h12,15H,4-11H2,1-3H3. The molecule has 1 amide bonds. The van der Waals surface area contributed by atoms with E-state index in [4.69, 9.17) is 0 Å². The first kappa shape index (κ1) is 13.8. The van der Waals surface area contributed by atoms with Gasteiger partial charge in [-0.25, -0.2) is 0 Å². The van der Waals surface area contributed by atoms with Crippen molar-refractivity contribution in [1.82, 2.24) is 15.1 Å². The molecule has 2 aliphatic heterocycles. The highest BCUT2D eigenvalue weighted by Gasteiger charge is 2.38. The predicted molar refractivity (Wildman–Crippen MR) is 73.5 cm³/mol. The summed E-state index contributed by atoms with van der Waals surface area (Å²) in [5.74, 6) is 0.390. The third kappa shape index (κ3) is 2.86. The molecule has 2 saturated heterocycles. The van der Waals surface area contributed by atoms with Crippen LogP contribution in [0.4, 0.5) is 0 Å². The van der Waals surface area contributed by atoms with E-state index in [9.17, 15) is 4.79 Å². The van der Waals surface area contributed by atoms with Gasteiger partial charge < -0.3 is 15.1 Å². The summed E-state index contributed by atoms with van der Waals surface area (Å²) in [6.07, 6.45) is 4.21. The molecule has 0 aromatic carbocycles. The van der Waals surface area contributed by atoms with Gasteiger partial charge in [0, 0.05) is 24.5 Å². The molecule has 0 aromatic heterocycles. The number of nitrogens with zero attached hydrogens (tertiary/aromatic N) is 2. The van der Waals surface area contributed by atoms with E-state index in [0.29, 0.717) is 11.9 Å². The van der Waals surface area contributed by atoms with E-state index in [0.717, 1.165) is 51.9 Å². The van der Waals surface area contributed by atoms with E-state index >= 15 is 0 Å². The topological polar surface area (TPSA) is 35.6 Å². The first-order valence-electron chi connectivity index (χ1n) is 7.19. The summed E-state index contributed by atoms with van der Waals surface area (Å²) < 4.78 is 0. The van der Waals surface area contributed by atoms with Crippen molar-refractivity contribution in [3.63, 3.8) is 0 Å². The Morgan fingerprint density at radius 2 is 1.78 bits per heavy atom. The zero-order valence-corrected chi connectivity index (χ0v) is 12.0. The van der Waals surface area contributed by atoms with E-state index in [2.05, 4.69) is 36.1 Å². The Morgan fingerprint density at radius 1 is 1.22 bits per heavy atom. The fourth-order valence-electron chi connectivity index (χ4n) is 3.16. The van der Waals surface area contributed by atoms with Gasteiger partial charge in [0.05, 0.1) is 0 Å². The van der Waals surface area contributed by atoms with Crippen LogP contribution in [0.2, 0.25) is 0 Å². The van der Waals surface area contributed by atoms with Crippen LogP contribution in [-0.2, 0) is 4.79 Å². The van der Waals surface area contributed by atoms with Gasteiger partial charge in [0.25, 0.3) is 0 Å². The first-order valence-corrected chi connectivity index (χ1v) is 7.19. The molecule has 0 spiro atoms. The van der Waals surface area contributed by atoms with Gasteiger partial charge in [-0.15, -0.1) is 0 Å². The minimum atomic E-state index is -0.115. The highest BCUT2D eigenvalue weighted by molar-refractivity contribution is 5.82. The molecular weight excluding hydrogens is 226 g/mol. The minimum Gasteiger partial charge on any atom is -0.342 e. The summed E-state index contributed by atoms with van der Waals surface area (Å²) >= 11 is 0. The highest BCUT2D eigenvalue weighted by Crippen LogP contribution is 2.31. The zero-order valence-electron chi connectivity index (χ0n) is 12.0. The molecule has 2 aliphatic rings. The van der Waals surface area contributed by atoms with Crippen molar-refractivity contribution >= 4 is 5.91 Å². The maximum Gasteiger partial charge on any atom is 0.228 e. The summed E-state index contributed by atoms with van der Waals surface area (Å²) in [5, 5.41) is 3.34. The Balaban J connectivity index is 1.90. The van der Waals surface area contributed by atoms with E-state index < -0.39 is 0 Å². The Hall–Kier alpha value is -0.610. The zero-order chi connectivity index (χ0) is 13.2. The highest BCUT2D eigenvalue weighted by atomic mass is 16.2. The van der Waals surface area contributed by atoms with Crippen molar-refractivity contribution in [2.75, 3.05) is 40.3 Å². The third-order valence-corrected chi connectivity index (χ3v) is 4.71. The van der Waals surface area contributed by atoms with Crippen LogP contribution in [0, 0.1) is 5.41 Å². The largest absolute Gasteiger partial charge is 0.342 e. The first-order chi connectivity index (χ1) is 8.53. The maximum atomic E-state index is 12.6. The Bertz CT molecular complexity index is 289. The molecule has 0 atom stereocenters. The molecule has 0 unspecified atom stereocenters.